The van der Waals surface area contributed by atoms with Crippen LogP contribution in [0.5, 0.6) is 0 Å². The normalized spacial score (nSPS) is 10.5. The maximum Gasteiger partial charge on any atom is 0.339 e. The molecule has 0 fully saturated rings. The zero-order valence-electron chi connectivity index (χ0n) is 15.1. The van der Waals surface area contributed by atoms with E-state index in [0.29, 0.717) is 11.6 Å². The van der Waals surface area contributed by atoms with Crippen LogP contribution >= 0.6 is 11.6 Å². The van der Waals surface area contributed by atoms with Crippen molar-refractivity contribution in [2.45, 2.75) is 13.5 Å². The van der Waals surface area contributed by atoms with Crippen molar-refractivity contribution in [3.05, 3.63) is 74.6 Å². The highest BCUT2D eigenvalue weighted by Gasteiger charge is 2.22. The van der Waals surface area contributed by atoms with Crippen LogP contribution in [0, 0.1) is 17.0 Å². The molecule has 0 amide bonds. The number of nitro groups is 1. The van der Waals surface area contributed by atoms with Crippen molar-refractivity contribution in [3.8, 4) is 11.5 Å². The molecule has 1 heterocycles. The van der Waals surface area contributed by atoms with Gasteiger partial charge in [0.1, 0.15) is 12.0 Å². The Hall–Kier alpha value is -3.39. The van der Waals surface area contributed by atoms with Crippen LogP contribution in [0.25, 0.3) is 11.5 Å². The third-order valence-electron chi connectivity index (χ3n) is 4.00. The molecule has 2 aromatic carbocycles. The summed E-state index contributed by atoms with van der Waals surface area (Å²) in [7, 11) is 1.17. The van der Waals surface area contributed by atoms with E-state index < -0.39 is 10.9 Å². The summed E-state index contributed by atoms with van der Waals surface area (Å²) in [5, 5.41) is 14.3. The van der Waals surface area contributed by atoms with E-state index >= 15 is 0 Å². The highest BCUT2D eigenvalue weighted by molar-refractivity contribution is 6.34. The number of methoxy groups -OCH3 is 1. The lowest BCUT2D eigenvalue weighted by Crippen LogP contribution is -2.07. The van der Waals surface area contributed by atoms with Crippen molar-refractivity contribution in [1.29, 1.82) is 0 Å². The maximum absolute atomic E-state index is 11.7. The summed E-state index contributed by atoms with van der Waals surface area (Å²) in [6, 6.07) is 10.1. The lowest BCUT2D eigenvalue weighted by molar-refractivity contribution is -0.384. The Balaban J connectivity index is 1.81. The van der Waals surface area contributed by atoms with Crippen LogP contribution in [0.1, 0.15) is 21.6 Å². The number of ether oxygens (including phenoxy) is 1. The molecule has 144 valence electrons. The number of rotatable bonds is 6. The van der Waals surface area contributed by atoms with E-state index in [9.17, 15) is 14.9 Å². The number of benzene rings is 2. The smallest absolute Gasteiger partial charge is 0.339 e. The standard InChI is InChI=1S/C19H16ClN3O5/c1-11-3-5-12(6-4-11)18-22-13(10-28-18)9-21-16-8-15(20)14(19(24)27-2)7-17(16)23(25)26/h3-8,10,21H,9H2,1-2H3. The van der Waals surface area contributed by atoms with Gasteiger partial charge in [0.15, 0.2) is 0 Å². The molecule has 1 N–H and O–H groups in total. The number of anilines is 1. The predicted molar refractivity (Wildman–Crippen MR) is 103 cm³/mol. The fourth-order valence-corrected chi connectivity index (χ4v) is 2.76. The number of carbonyl (C=O) groups is 1. The molecule has 9 heteroatoms. The number of hydrogen-bond acceptors (Lipinski definition) is 7. The Morgan fingerprint density at radius 3 is 2.68 bits per heavy atom. The van der Waals surface area contributed by atoms with Crippen LogP contribution in [0.2, 0.25) is 5.02 Å². The van der Waals surface area contributed by atoms with Crippen molar-refractivity contribution in [1.82, 2.24) is 4.98 Å². The predicted octanol–water partition coefficient (Wildman–Crippen LogP) is 4.61. The van der Waals surface area contributed by atoms with Gasteiger partial charge in [-0.15, -0.1) is 0 Å². The second-order valence-electron chi connectivity index (χ2n) is 5.96. The molecular weight excluding hydrogens is 386 g/mol. The Labute approximate surface area is 165 Å². The van der Waals surface area contributed by atoms with Gasteiger partial charge in [-0.1, -0.05) is 29.3 Å². The molecule has 0 spiro atoms. The van der Waals surface area contributed by atoms with Crippen molar-refractivity contribution >= 4 is 28.9 Å². The number of nitro benzene ring substituents is 1. The average Bonchev–Trinajstić information content (AvgIpc) is 3.15. The Morgan fingerprint density at radius 2 is 2.04 bits per heavy atom. The average molecular weight is 402 g/mol. The summed E-state index contributed by atoms with van der Waals surface area (Å²) in [6.45, 7) is 2.16. The number of halogens is 1. The van der Waals surface area contributed by atoms with Crippen LogP contribution in [-0.4, -0.2) is 23.0 Å². The van der Waals surface area contributed by atoms with Crippen molar-refractivity contribution in [2.75, 3.05) is 12.4 Å². The fraction of sp³-hybridized carbons (Fsp3) is 0.158. The van der Waals surface area contributed by atoms with Gasteiger partial charge in [-0.3, -0.25) is 10.1 Å². The molecule has 0 aliphatic heterocycles. The largest absolute Gasteiger partial charge is 0.465 e. The molecule has 0 unspecified atom stereocenters. The lowest BCUT2D eigenvalue weighted by atomic mass is 10.1. The number of esters is 1. The van der Waals surface area contributed by atoms with E-state index in [1.807, 2.05) is 31.2 Å². The summed E-state index contributed by atoms with van der Waals surface area (Å²) < 4.78 is 10.1. The summed E-state index contributed by atoms with van der Waals surface area (Å²) >= 11 is 6.06. The van der Waals surface area contributed by atoms with E-state index in [1.54, 1.807) is 0 Å². The molecule has 3 aromatic rings. The summed E-state index contributed by atoms with van der Waals surface area (Å²) in [5.74, 6) is -0.302. The third kappa shape index (κ3) is 4.12. The molecule has 0 atom stereocenters. The molecule has 0 radical (unpaired) electrons. The number of oxazole rings is 1. The molecule has 8 nitrogen and oxygen atoms in total. The van der Waals surface area contributed by atoms with Gasteiger partial charge in [0, 0.05) is 11.6 Å². The number of carbonyl (C=O) groups excluding carboxylic acids is 1. The number of aryl methyl sites for hydroxylation is 1. The second kappa shape index (κ2) is 8.10. The monoisotopic (exact) mass is 401 g/mol. The van der Waals surface area contributed by atoms with Gasteiger partial charge in [0.25, 0.3) is 5.69 Å². The molecule has 3 rings (SSSR count). The van der Waals surface area contributed by atoms with E-state index in [2.05, 4.69) is 15.0 Å². The van der Waals surface area contributed by atoms with Gasteiger partial charge >= 0.3 is 5.97 Å². The van der Waals surface area contributed by atoms with E-state index in [4.69, 9.17) is 16.0 Å². The van der Waals surface area contributed by atoms with Gasteiger partial charge in [0.2, 0.25) is 5.89 Å². The Morgan fingerprint density at radius 1 is 1.32 bits per heavy atom. The number of hydrogen-bond donors (Lipinski definition) is 1. The number of aromatic nitrogens is 1. The first-order valence-electron chi connectivity index (χ1n) is 8.20. The minimum Gasteiger partial charge on any atom is -0.465 e. The topological polar surface area (TPSA) is 108 Å². The minimum atomic E-state index is -0.751. The van der Waals surface area contributed by atoms with E-state index in [-0.39, 0.29) is 28.5 Å². The Bertz CT molecular complexity index is 1030. The first-order valence-corrected chi connectivity index (χ1v) is 8.58. The Kier molecular flexibility index (Phi) is 5.60. The first-order chi connectivity index (χ1) is 13.4. The summed E-state index contributed by atoms with van der Waals surface area (Å²) in [5.41, 5.74) is 2.28. The number of nitrogens with one attached hydrogen (secondary N) is 1. The van der Waals surface area contributed by atoms with Crippen molar-refractivity contribution in [3.63, 3.8) is 0 Å². The first kappa shape index (κ1) is 19.4. The number of nitrogens with zero attached hydrogens (tertiary/aromatic N) is 2. The molecule has 1 aromatic heterocycles. The highest BCUT2D eigenvalue weighted by atomic mass is 35.5. The van der Waals surface area contributed by atoms with Crippen LogP contribution in [0.4, 0.5) is 11.4 Å². The van der Waals surface area contributed by atoms with Gasteiger partial charge in [0.05, 0.1) is 34.9 Å². The van der Waals surface area contributed by atoms with Crippen LogP contribution in [0.3, 0.4) is 0 Å². The zero-order valence-corrected chi connectivity index (χ0v) is 15.8. The van der Waals surface area contributed by atoms with Crippen molar-refractivity contribution in [2.24, 2.45) is 0 Å². The van der Waals surface area contributed by atoms with Gasteiger partial charge in [-0.05, 0) is 25.1 Å². The minimum absolute atomic E-state index is 0.0421. The summed E-state index contributed by atoms with van der Waals surface area (Å²) in [6.07, 6.45) is 1.47. The third-order valence-corrected chi connectivity index (χ3v) is 4.31. The SMILES string of the molecule is COC(=O)c1cc([N+](=O)[O-])c(NCc2coc(-c3ccc(C)cc3)n2)cc1Cl. The van der Waals surface area contributed by atoms with Crippen LogP contribution < -0.4 is 5.32 Å². The van der Waals surface area contributed by atoms with E-state index in [1.165, 1.54) is 19.4 Å². The zero-order chi connectivity index (χ0) is 20.3. The molecule has 0 saturated carbocycles. The van der Waals surface area contributed by atoms with Crippen LogP contribution in [0.15, 0.2) is 47.1 Å². The maximum atomic E-state index is 11.7. The summed E-state index contributed by atoms with van der Waals surface area (Å²) in [4.78, 5) is 26.8. The molecular formula is C19H16ClN3O5. The lowest BCUT2D eigenvalue weighted by Gasteiger charge is -2.08. The van der Waals surface area contributed by atoms with Crippen LogP contribution in [-0.2, 0) is 11.3 Å². The molecule has 0 aliphatic carbocycles. The van der Waals surface area contributed by atoms with Gasteiger partial charge < -0.3 is 14.5 Å². The highest BCUT2D eigenvalue weighted by Crippen LogP contribution is 2.32. The van der Waals surface area contributed by atoms with Crippen molar-refractivity contribution < 1.29 is 18.9 Å². The van der Waals surface area contributed by atoms with Gasteiger partial charge in [-0.25, -0.2) is 9.78 Å². The van der Waals surface area contributed by atoms with Gasteiger partial charge in [-0.2, -0.15) is 0 Å². The van der Waals surface area contributed by atoms with E-state index in [0.717, 1.165) is 17.2 Å². The molecule has 28 heavy (non-hydrogen) atoms. The molecule has 0 aliphatic rings. The second-order valence-corrected chi connectivity index (χ2v) is 6.37. The fourth-order valence-electron chi connectivity index (χ4n) is 2.52. The molecule has 0 saturated heterocycles. The quantitative estimate of drug-likeness (QED) is 0.365. The molecule has 0 bridgehead atoms.